The van der Waals surface area contributed by atoms with Crippen LogP contribution in [0.1, 0.15) is 19.3 Å². The SMILES string of the molecule is O=C1CC2CC(O)C(C1)N2. The maximum absolute atomic E-state index is 10.9. The zero-order valence-electron chi connectivity index (χ0n) is 5.71. The van der Waals surface area contributed by atoms with E-state index in [1.165, 1.54) is 0 Å². The van der Waals surface area contributed by atoms with Crippen LogP contribution in [0, 0.1) is 0 Å². The lowest BCUT2D eigenvalue weighted by molar-refractivity contribution is -0.121. The lowest BCUT2D eigenvalue weighted by Gasteiger charge is -2.19. The number of carbonyl (C=O) groups excluding carboxylic acids is 1. The summed E-state index contributed by atoms with van der Waals surface area (Å²) in [6.45, 7) is 0. The van der Waals surface area contributed by atoms with E-state index in [4.69, 9.17) is 0 Å². The fourth-order valence-corrected chi connectivity index (χ4v) is 1.88. The van der Waals surface area contributed by atoms with Crippen LogP contribution >= 0.6 is 0 Å². The Balaban J connectivity index is 2.13. The zero-order valence-corrected chi connectivity index (χ0v) is 5.71. The summed E-state index contributed by atoms with van der Waals surface area (Å²) in [5.74, 6) is 0.297. The molecule has 2 aliphatic rings. The van der Waals surface area contributed by atoms with Crippen LogP contribution in [0.3, 0.4) is 0 Å². The Morgan fingerprint density at radius 1 is 1.50 bits per heavy atom. The van der Waals surface area contributed by atoms with Crippen LogP contribution in [0.2, 0.25) is 0 Å². The van der Waals surface area contributed by atoms with Crippen molar-refractivity contribution in [2.24, 2.45) is 0 Å². The summed E-state index contributed by atoms with van der Waals surface area (Å²) in [5.41, 5.74) is 0. The number of aliphatic hydroxyl groups is 1. The van der Waals surface area contributed by atoms with Gasteiger partial charge in [0.15, 0.2) is 0 Å². The van der Waals surface area contributed by atoms with Gasteiger partial charge in [-0.2, -0.15) is 0 Å². The smallest absolute Gasteiger partial charge is 0.136 e. The van der Waals surface area contributed by atoms with E-state index >= 15 is 0 Å². The summed E-state index contributed by atoms with van der Waals surface area (Å²) in [7, 11) is 0. The quantitative estimate of drug-likeness (QED) is 0.475. The average molecular weight is 141 g/mol. The maximum Gasteiger partial charge on any atom is 0.136 e. The molecule has 0 saturated carbocycles. The Morgan fingerprint density at radius 3 is 3.00 bits per heavy atom. The number of piperidine rings is 1. The van der Waals surface area contributed by atoms with E-state index in [-0.39, 0.29) is 18.2 Å². The van der Waals surface area contributed by atoms with Gasteiger partial charge in [0.1, 0.15) is 5.78 Å². The van der Waals surface area contributed by atoms with Gasteiger partial charge in [-0.1, -0.05) is 0 Å². The van der Waals surface area contributed by atoms with Crippen LogP contribution in [0.15, 0.2) is 0 Å². The first-order valence-corrected chi connectivity index (χ1v) is 3.71. The third-order valence-corrected chi connectivity index (χ3v) is 2.36. The van der Waals surface area contributed by atoms with Crippen LogP contribution in [-0.2, 0) is 4.79 Å². The highest BCUT2D eigenvalue weighted by molar-refractivity contribution is 5.81. The minimum absolute atomic E-state index is 0.0613. The van der Waals surface area contributed by atoms with Gasteiger partial charge in [0.2, 0.25) is 0 Å². The van der Waals surface area contributed by atoms with Crippen molar-refractivity contribution in [1.29, 1.82) is 0 Å². The Kier molecular flexibility index (Phi) is 1.28. The molecule has 2 N–H and O–H groups in total. The normalized spacial score (nSPS) is 46.1. The number of hydrogen-bond acceptors (Lipinski definition) is 3. The lowest BCUT2D eigenvalue weighted by Crippen LogP contribution is -2.40. The number of hydrogen-bond donors (Lipinski definition) is 2. The zero-order chi connectivity index (χ0) is 7.14. The van der Waals surface area contributed by atoms with Crippen molar-refractivity contribution < 1.29 is 9.90 Å². The molecule has 0 radical (unpaired) electrons. The molecule has 0 aromatic carbocycles. The second kappa shape index (κ2) is 2.04. The monoisotopic (exact) mass is 141 g/mol. The van der Waals surface area contributed by atoms with Crippen LogP contribution in [0.4, 0.5) is 0 Å². The number of rotatable bonds is 0. The Bertz CT molecular complexity index is 167. The molecule has 3 unspecified atom stereocenters. The van der Waals surface area contributed by atoms with Gasteiger partial charge in [-0.3, -0.25) is 4.79 Å². The molecule has 10 heavy (non-hydrogen) atoms. The highest BCUT2D eigenvalue weighted by Crippen LogP contribution is 2.24. The van der Waals surface area contributed by atoms with Crippen LogP contribution in [-0.4, -0.2) is 29.1 Å². The number of nitrogens with one attached hydrogen (secondary N) is 1. The van der Waals surface area contributed by atoms with Crippen molar-refractivity contribution in [2.75, 3.05) is 0 Å². The molecule has 0 amide bonds. The van der Waals surface area contributed by atoms with Crippen molar-refractivity contribution in [1.82, 2.24) is 5.32 Å². The van der Waals surface area contributed by atoms with Crippen molar-refractivity contribution in [3.8, 4) is 0 Å². The Labute approximate surface area is 59.4 Å². The molecule has 2 fully saturated rings. The van der Waals surface area contributed by atoms with Crippen molar-refractivity contribution in [3.05, 3.63) is 0 Å². The molecule has 3 heteroatoms. The van der Waals surface area contributed by atoms with Crippen molar-refractivity contribution in [3.63, 3.8) is 0 Å². The van der Waals surface area contributed by atoms with Gasteiger partial charge in [-0.15, -0.1) is 0 Å². The van der Waals surface area contributed by atoms with Crippen LogP contribution < -0.4 is 5.32 Å². The predicted octanol–water partition coefficient (Wildman–Crippen LogP) is -0.559. The molecule has 56 valence electrons. The highest BCUT2D eigenvalue weighted by Gasteiger charge is 2.38. The van der Waals surface area contributed by atoms with Gasteiger partial charge in [-0.05, 0) is 6.42 Å². The van der Waals surface area contributed by atoms with Crippen LogP contribution in [0.5, 0.6) is 0 Å². The van der Waals surface area contributed by atoms with E-state index in [9.17, 15) is 9.90 Å². The van der Waals surface area contributed by atoms with E-state index in [0.29, 0.717) is 18.6 Å². The summed E-state index contributed by atoms with van der Waals surface area (Å²) in [6, 6.07) is 0.326. The van der Waals surface area contributed by atoms with E-state index in [1.54, 1.807) is 0 Å². The fourth-order valence-electron chi connectivity index (χ4n) is 1.88. The number of ketones is 1. The van der Waals surface area contributed by atoms with Gasteiger partial charge in [0.25, 0.3) is 0 Å². The second-order valence-electron chi connectivity index (χ2n) is 3.22. The lowest BCUT2D eigenvalue weighted by atomic mass is 10.0. The van der Waals surface area contributed by atoms with E-state index < -0.39 is 0 Å². The molecule has 3 atom stereocenters. The van der Waals surface area contributed by atoms with Gasteiger partial charge < -0.3 is 10.4 Å². The minimum atomic E-state index is -0.281. The molecule has 0 aromatic heterocycles. The minimum Gasteiger partial charge on any atom is -0.391 e. The molecular weight excluding hydrogens is 130 g/mol. The summed E-state index contributed by atoms with van der Waals surface area (Å²) < 4.78 is 0. The third-order valence-electron chi connectivity index (χ3n) is 2.36. The molecule has 0 spiro atoms. The molecule has 2 saturated heterocycles. The van der Waals surface area contributed by atoms with E-state index in [2.05, 4.69) is 5.32 Å². The third kappa shape index (κ3) is 0.859. The maximum atomic E-state index is 10.9. The Morgan fingerprint density at radius 2 is 2.30 bits per heavy atom. The molecule has 3 nitrogen and oxygen atoms in total. The number of aliphatic hydroxyl groups excluding tert-OH is 1. The van der Waals surface area contributed by atoms with E-state index in [0.717, 1.165) is 6.42 Å². The molecule has 0 aromatic rings. The number of carbonyl (C=O) groups is 1. The number of fused-ring (bicyclic) bond motifs is 2. The van der Waals surface area contributed by atoms with Gasteiger partial charge in [-0.25, -0.2) is 0 Å². The van der Waals surface area contributed by atoms with Gasteiger partial charge in [0, 0.05) is 24.9 Å². The first-order valence-electron chi connectivity index (χ1n) is 3.71. The van der Waals surface area contributed by atoms with Gasteiger partial charge >= 0.3 is 0 Å². The Hall–Kier alpha value is -0.410. The molecule has 2 bridgehead atoms. The summed E-state index contributed by atoms with van der Waals surface area (Å²) in [5, 5.41) is 12.5. The topological polar surface area (TPSA) is 49.3 Å². The van der Waals surface area contributed by atoms with Crippen LogP contribution in [0.25, 0.3) is 0 Å². The highest BCUT2D eigenvalue weighted by atomic mass is 16.3. The average Bonchev–Trinajstić information content (AvgIpc) is 2.07. The standard InChI is InChI=1S/C7H11NO2/c9-5-1-4-2-7(10)6(3-5)8-4/h4,6-8,10H,1-3H2. The van der Waals surface area contributed by atoms with Crippen molar-refractivity contribution >= 4 is 5.78 Å². The molecular formula is C7H11NO2. The summed E-state index contributed by atoms with van der Waals surface area (Å²) in [6.07, 6.45) is 1.62. The largest absolute Gasteiger partial charge is 0.391 e. The van der Waals surface area contributed by atoms with Gasteiger partial charge in [0.05, 0.1) is 6.10 Å². The van der Waals surface area contributed by atoms with E-state index in [1.807, 2.05) is 0 Å². The second-order valence-corrected chi connectivity index (χ2v) is 3.22. The van der Waals surface area contributed by atoms with Crippen molar-refractivity contribution in [2.45, 2.75) is 37.5 Å². The first kappa shape index (κ1) is 6.31. The molecule has 2 heterocycles. The summed E-state index contributed by atoms with van der Waals surface area (Å²) >= 11 is 0. The fraction of sp³-hybridized carbons (Fsp3) is 0.857. The molecule has 2 rings (SSSR count). The summed E-state index contributed by atoms with van der Waals surface area (Å²) in [4.78, 5) is 10.9. The molecule has 0 aliphatic carbocycles. The first-order chi connectivity index (χ1) is 4.75. The number of Topliss-reactive ketones (excluding diaryl/α,β-unsaturated/α-hetero) is 1. The molecule has 2 aliphatic heterocycles. The predicted molar refractivity (Wildman–Crippen MR) is 35.6 cm³/mol.